The van der Waals surface area contributed by atoms with Gasteiger partial charge in [-0.15, -0.1) is 5.10 Å². The molecule has 6 rings (SSSR count). The molecule has 1 aromatic heterocycles. The number of aryl methyl sites for hydroxylation is 2. The first-order valence-electron chi connectivity index (χ1n) is 13.6. The highest BCUT2D eigenvalue weighted by molar-refractivity contribution is 5.97. The van der Waals surface area contributed by atoms with Crippen LogP contribution in [0.1, 0.15) is 50.5 Å². The number of likely N-dealkylation sites (N-methyl/N-ethyl adjacent to an activating group) is 1. The van der Waals surface area contributed by atoms with Crippen LogP contribution in [-0.2, 0) is 12.8 Å². The van der Waals surface area contributed by atoms with Gasteiger partial charge in [-0.05, 0) is 61.9 Å². The average molecular weight is 547 g/mol. The Morgan fingerprint density at radius 1 is 1.18 bits per heavy atom. The van der Waals surface area contributed by atoms with Crippen molar-refractivity contribution in [2.45, 2.75) is 62.5 Å². The number of fused-ring (bicyclic) bond motifs is 1. The lowest BCUT2D eigenvalue weighted by molar-refractivity contribution is 0.00289. The van der Waals surface area contributed by atoms with Crippen molar-refractivity contribution in [1.29, 1.82) is 10.8 Å². The summed E-state index contributed by atoms with van der Waals surface area (Å²) in [5, 5.41) is 49.1. The SMILES string of the molecule is Cc1ccc(C(=O)N(C)C[C@@H]2NC(=N)N3CC(NC(=O)c4cccc5c4CCCC5)[C@@H](O)C34NC(=N)N[C@@H]24)nn1. The third kappa shape index (κ3) is 4.12. The van der Waals surface area contributed by atoms with E-state index >= 15 is 0 Å². The second-order valence-corrected chi connectivity index (χ2v) is 11.1. The molecule has 2 unspecified atom stereocenters. The summed E-state index contributed by atoms with van der Waals surface area (Å²) in [5.41, 5.74) is 2.53. The van der Waals surface area contributed by atoms with Crippen molar-refractivity contribution in [2.24, 2.45) is 0 Å². The van der Waals surface area contributed by atoms with Gasteiger partial charge in [-0.2, -0.15) is 5.10 Å². The topological polar surface area (TPSA) is 182 Å². The number of carbonyl (C=O) groups excluding carboxylic acids is 2. The number of rotatable bonds is 5. The normalized spacial score (nSPS) is 28.4. The first-order chi connectivity index (χ1) is 19.2. The predicted molar refractivity (Wildman–Crippen MR) is 146 cm³/mol. The van der Waals surface area contributed by atoms with E-state index in [0.717, 1.165) is 31.2 Å². The molecule has 3 saturated heterocycles. The highest BCUT2D eigenvalue weighted by atomic mass is 16.3. The molecule has 13 nitrogen and oxygen atoms in total. The van der Waals surface area contributed by atoms with E-state index in [1.807, 2.05) is 12.1 Å². The molecule has 5 atom stereocenters. The molecule has 13 heteroatoms. The maximum atomic E-state index is 13.5. The van der Waals surface area contributed by atoms with E-state index in [9.17, 15) is 14.7 Å². The van der Waals surface area contributed by atoms with Gasteiger partial charge in [-0.25, -0.2) is 0 Å². The zero-order valence-corrected chi connectivity index (χ0v) is 22.5. The van der Waals surface area contributed by atoms with Crippen molar-refractivity contribution in [3.05, 3.63) is 58.4 Å². The van der Waals surface area contributed by atoms with E-state index in [0.29, 0.717) is 11.3 Å². The van der Waals surface area contributed by atoms with E-state index in [1.54, 1.807) is 31.0 Å². The predicted octanol–water partition coefficient (Wildman–Crippen LogP) is -0.690. The second kappa shape index (κ2) is 9.73. The molecule has 0 bridgehead atoms. The molecule has 1 aliphatic carbocycles. The highest BCUT2D eigenvalue weighted by Crippen LogP contribution is 2.38. The fourth-order valence-electron chi connectivity index (χ4n) is 6.61. The number of carbonyl (C=O) groups is 2. The molecular formula is C27H34N10O3. The lowest BCUT2D eigenvalue weighted by Gasteiger charge is -2.49. The molecule has 4 heterocycles. The Hall–Kier alpha value is -4.26. The average Bonchev–Trinajstić information content (AvgIpc) is 3.44. The van der Waals surface area contributed by atoms with Crippen LogP contribution in [0, 0.1) is 17.7 Å². The lowest BCUT2D eigenvalue weighted by Crippen LogP contribution is -2.78. The van der Waals surface area contributed by atoms with Gasteiger partial charge in [0.15, 0.2) is 23.3 Å². The van der Waals surface area contributed by atoms with Crippen molar-refractivity contribution in [3.63, 3.8) is 0 Å². The number of aliphatic hydroxyl groups is 1. The summed E-state index contributed by atoms with van der Waals surface area (Å²) in [6.45, 7) is 2.13. The summed E-state index contributed by atoms with van der Waals surface area (Å²) in [4.78, 5) is 29.6. The van der Waals surface area contributed by atoms with Crippen LogP contribution in [0.5, 0.6) is 0 Å². The second-order valence-electron chi connectivity index (χ2n) is 11.1. The molecule has 2 amide bonds. The number of amides is 2. The number of benzene rings is 1. The molecule has 40 heavy (non-hydrogen) atoms. The molecule has 0 radical (unpaired) electrons. The Labute approximate surface area is 231 Å². The summed E-state index contributed by atoms with van der Waals surface area (Å²) in [6.07, 6.45) is 2.81. The molecule has 0 saturated carbocycles. The number of hydrogen-bond donors (Lipinski definition) is 7. The van der Waals surface area contributed by atoms with Crippen LogP contribution < -0.4 is 21.3 Å². The maximum absolute atomic E-state index is 13.5. The Morgan fingerprint density at radius 2 is 1.98 bits per heavy atom. The van der Waals surface area contributed by atoms with Gasteiger partial charge in [-0.3, -0.25) is 20.4 Å². The summed E-state index contributed by atoms with van der Waals surface area (Å²) >= 11 is 0. The Morgan fingerprint density at radius 3 is 2.75 bits per heavy atom. The molecule has 2 aromatic rings. The van der Waals surface area contributed by atoms with Gasteiger partial charge >= 0.3 is 0 Å². The van der Waals surface area contributed by atoms with Gasteiger partial charge in [0.05, 0.1) is 23.8 Å². The van der Waals surface area contributed by atoms with E-state index in [-0.39, 0.29) is 42.5 Å². The Bertz CT molecular complexity index is 1380. The van der Waals surface area contributed by atoms with Gasteiger partial charge < -0.3 is 36.2 Å². The first kappa shape index (κ1) is 26.0. The van der Waals surface area contributed by atoms with Crippen molar-refractivity contribution in [3.8, 4) is 0 Å². The zero-order chi connectivity index (χ0) is 28.2. The number of aliphatic hydroxyl groups excluding tert-OH is 1. The van der Waals surface area contributed by atoms with Crippen LogP contribution in [0.2, 0.25) is 0 Å². The Balaban J connectivity index is 1.23. The van der Waals surface area contributed by atoms with E-state index in [4.69, 9.17) is 10.8 Å². The van der Waals surface area contributed by atoms with Gasteiger partial charge in [0.2, 0.25) is 0 Å². The number of guanidine groups is 2. The summed E-state index contributed by atoms with van der Waals surface area (Å²) < 4.78 is 0. The monoisotopic (exact) mass is 546 g/mol. The van der Waals surface area contributed by atoms with E-state index in [2.05, 4.69) is 37.5 Å². The van der Waals surface area contributed by atoms with E-state index in [1.165, 1.54) is 10.5 Å². The molecule has 210 valence electrons. The van der Waals surface area contributed by atoms with Crippen molar-refractivity contribution in [1.82, 2.24) is 41.3 Å². The fraction of sp³-hybridized carbons (Fsp3) is 0.481. The molecule has 3 aliphatic heterocycles. The minimum Gasteiger partial charge on any atom is -0.386 e. The van der Waals surface area contributed by atoms with Crippen LogP contribution in [-0.4, -0.2) is 98.9 Å². The molecule has 7 N–H and O–H groups in total. The first-order valence-corrected chi connectivity index (χ1v) is 13.6. The zero-order valence-electron chi connectivity index (χ0n) is 22.5. The van der Waals surface area contributed by atoms with Gasteiger partial charge in [0.1, 0.15) is 6.10 Å². The van der Waals surface area contributed by atoms with Crippen molar-refractivity contribution in [2.75, 3.05) is 20.1 Å². The smallest absolute Gasteiger partial charge is 0.274 e. The van der Waals surface area contributed by atoms with Crippen LogP contribution >= 0.6 is 0 Å². The summed E-state index contributed by atoms with van der Waals surface area (Å²) in [6, 6.07) is 7.31. The minimum absolute atomic E-state index is 0.00182. The standard InChI is InChI=1S/C27H34N10O3/c1-14-10-11-18(35-34-14)24(40)36(2)12-19-21-27(33-25(28)32-21)22(38)20(13-37(27)26(29)31-19)30-23(39)17-9-5-7-15-6-3-4-8-16(15)17/h5,7,9-11,19-22,38H,3-4,6,8,12-13H2,1-2H3,(H2,29,31)(H,30,39)(H3,28,32,33)/t19-,20?,21-,22+,27?/m0/s1. The third-order valence-electron chi connectivity index (χ3n) is 8.54. The third-order valence-corrected chi connectivity index (χ3v) is 8.54. The Kier molecular flexibility index (Phi) is 6.32. The molecule has 3 fully saturated rings. The maximum Gasteiger partial charge on any atom is 0.274 e. The van der Waals surface area contributed by atoms with Gasteiger partial charge in [-0.1, -0.05) is 12.1 Å². The summed E-state index contributed by atoms with van der Waals surface area (Å²) in [5.74, 6) is -0.550. The lowest BCUT2D eigenvalue weighted by atomic mass is 9.86. The quantitative estimate of drug-likeness (QED) is 0.255. The molecule has 4 aliphatic rings. The van der Waals surface area contributed by atoms with Crippen LogP contribution in [0.3, 0.4) is 0 Å². The van der Waals surface area contributed by atoms with Crippen LogP contribution in [0.4, 0.5) is 0 Å². The van der Waals surface area contributed by atoms with Gasteiger partial charge in [0, 0.05) is 25.7 Å². The molecule has 1 aromatic carbocycles. The number of nitrogens with one attached hydrogen (secondary N) is 6. The fourth-order valence-corrected chi connectivity index (χ4v) is 6.61. The minimum atomic E-state index is -1.26. The number of nitrogens with zero attached hydrogens (tertiary/aromatic N) is 4. The molecular weight excluding hydrogens is 512 g/mol. The number of hydrogen-bond acceptors (Lipinski definition) is 7. The molecule has 1 spiro atoms. The van der Waals surface area contributed by atoms with Crippen molar-refractivity contribution >= 4 is 23.7 Å². The highest BCUT2D eigenvalue weighted by Gasteiger charge is 2.66. The van der Waals surface area contributed by atoms with Crippen LogP contribution in [0.25, 0.3) is 0 Å². The largest absolute Gasteiger partial charge is 0.386 e. The number of aromatic nitrogens is 2. The van der Waals surface area contributed by atoms with Gasteiger partial charge in [0.25, 0.3) is 11.8 Å². The summed E-state index contributed by atoms with van der Waals surface area (Å²) in [7, 11) is 1.64. The van der Waals surface area contributed by atoms with Crippen LogP contribution in [0.15, 0.2) is 30.3 Å². The van der Waals surface area contributed by atoms with E-state index < -0.39 is 29.9 Å². The van der Waals surface area contributed by atoms with Crippen molar-refractivity contribution < 1.29 is 14.7 Å².